The van der Waals surface area contributed by atoms with Gasteiger partial charge in [-0.05, 0) is 24.3 Å². The van der Waals surface area contributed by atoms with Crippen molar-refractivity contribution >= 4 is 23.4 Å². The lowest BCUT2D eigenvalue weighted by Crippen LogP contribution is -2.52. The molecule has 0 radical (unpaired) electrons. The second-order valence-electron chi connectivity index (χ2n) is 6.62. The van der Waals surface area contributed by atoms with E-state index in [0.29, 0.717) is 18.8 Å². The van der Waals surface area contributed by atoms with E-state index in [9.17, 15) is 27.6 Å². The minimum atomic E-state index is -4.45. The van der Waals surface area contributed by atoms with Crippen molar-refractivity contribution in [2.24, 2.45) is 5.10 Å². The van der Waals surface area contributed by atoms with Crippen molar-refractivity contribution in [1.29, 1.82) is 0 Å². The minimum Gasteiger partial charge on any atom is -0.335 e. The minimum absolute atomic E-state index is 0.150. The molecule has 0 bridgehead atoms. The van der Waals surface area contributed by atoms with E-state index in [1.165, 1.54) is 11.9 Å². The smallest absolute Gasteiger partial charge is 0.335 e. The average Bonchev–Trinajstić information content (AvgIpc) is 2.68. The van der Waals surface area contributed by atoms with E-state index in [1.807, 2.05) is 0 Å². The quantitative estimate of drug-likeness (QED) is 0.762. The summed E-state index contributed by atoms with van der Waals surface area (Å²) in [6.45, 7) is 1.13. The van der Waals surface area contributed by atoms with Crippen LogP contribution in [0.4, 0.5) is 13.2 Å². The maximum absolute atomic E-state index is 12.6. The molecular weight excluding hydrogens is 377 g/mol. The Morgan fingerprint density at radius 2 is 1.46 bits per heavy atom. The molecular formula is C18H19F3N4O3. The van der Waals surface area contributed by atoms with Crippen molar-refractivity contribution in [2.75, 3.05) is 33.2 Å². The molecule has 7 nitrogen and oxygen atoms in total. The van der Waals surface area contributed by atoms with Gasteiger partial charge in [-0.25, -0.2) is 5.01 Å². The van der Waals surface area contributed by atoms with Gasteiger partial charge in [0.2, 0.25) is 5.91 Å². The lowest BCUT2D eigenvalue weighted by atomic mass is 10.1. The lowest BCUT2D eigenvalue weighted by molar-refractivity contribution is -0.137. The van der Waals surface area contributed by atoms with Crippen LogP contribution in [-0.2, 0) is 15.8 Å². The first-order valence-electron chi connectivity index (χ1n) is 8.76. The summed E-state index contributed by atoms with van der Waals surface area (Å²) in [5.74, 6) is -0.786. The van der Waals surface area contributed by atoms with E-state index >= 15 is 0 Å². The highest BCUT2D eigenvalue weighted by Crippen LogP contribution is 2.29. The molecule has 0 aliphatic carbocycles. The molecule has 3 rings (SSSR count). The summed E-state index contributed by atoms with van der Waals surface area (Å²) >= 11 is 0. The SMILES string of the molecule is CN1N=C(C(=O)N2CCN(C(=O)c3ccc(C(F)(F)F)cc3)CC2)CCC1=O. The average molecular weight is 396 g/mol. The van der Waals surface area contributed by atoms with Gasteiger partial charge in [-0.1, -0.05) is 0 Å². The zero-order valence-electron chi connectivity index (χ0n) is 15.2. The van der Waals surface area contributed by atoms with E-state index in [0.717, 1.165) is 29.3 Å². The van der Waals surface area contributed by atoms with E-state index in [4.69, 9.17) is 0 Å². The fourth-order valence-corrected chi connectivity index (χ4v) is 3.10. The summed E-state index contributed by atoms with van der Waals surface area (Å²) in [6, 6.07) is 4.08. The zero-order chi connectivity index (χ0) is 20.5. The van der Waals surface area contributed by atoms with Gasteiger partial charge in [0.25, 0.3) is 11.8 Å². The number of benzene rings is 1. The van der Waals surface area contributed by atoms with E-state index in [-0.39, 0.29) is 49.2 Å². The van der Waals surface area contributed by atoms with Crippen molar-refractivity contribution in [3.63, 3.8) is 0 Å². The van der Waals surface area contributed by atoms with Gasteiger partial charge >= 0.3 is 6.18 Å². The molecule has 0 N–H and O–H groups in total. The Labute approximate surface area is 159 Å². The maximum Gasteiger partial charge on any atom is 0.416 e. The topological polar surface area (TPSA) is 73.3 Å². The Hall–Kier alpha value is -2.91. The van der Waals surface area contributed by atoms with Gasteiger partial charge in [0.15, 0.2) is 0 Å². The third-order valence-corrected chi connectivity index (χ3v) is 4.77. The molecule has 0 unspecified atom stereocenters. The summed E-state index contributed by atoms with van der Waals surface area (Å²) in [6.07, 6.45) is -3.94. The van der Waals surface area contributed by atoms with E-state index < -0.39 is 11.7 Å². The molecule has 2 aliphatic heterocycles. The Balaban J connectivity index is 1.59. The highest BCUT2D eigenvalue weighted by atomic mass is 19.4. The fourth-order valence-electron chi connectivity index (χ4n) is 3.10. The van der Waals surface area contributed by atoms with Crippen LogP contribution in [0.3, 0.4) is 0 Å². The van der Waals surface area contributed by atoms with Crippen LogP contribution in [0.5, 0.6) is 0 Å². The number of carbonyl (C=O) groups excluding carboxylic acids is 3. The van der Waals surface area contributed by atoms with Crippen LogP contribution in [0.2, 0.25) is 0 Å². The van der Waals surface area contributed by atoms with Gasteiger partial charge in [0.1, 0.15) is 5.71 Å². The number of hydrogen-bond donors (Lipinski definition) is 0. The van der Waals surface area contributed by atoms with Gasteiger partial charge in [-0.15, -0.1) is 0 Å². The standard InChI is InChI=1S/C18H19F3N4O3/c1-23-15(26)7-6-14(22-23)17(28)25-10-8-24(9-11-25)16(27)12-2-4-13(5-3-12)18(19,20)21/h2-5H,6-11H2,1H3. The van der Waals surface area contributed by atoms with Gasteiger partial charge in [-0.2, -0.15) is 18.3 Å². The summed E-state index contributed by atoms with van der Waals surface area (Å²) < 4.78 is 37.9. The first kappa shape index (κ1) is 19.8. The normalized spacial score (nSPS) is 18.2. The van der Waals surface area contributed by atoms with Crippen molar-refractivity contribution in [3.8, 4) is 0 Å². The first-order valence-corrected chi connectivity index (χ1v) is 8.76. The summed E-state index contributed by atoms with van der Waals surface area (Å²) in [7, 11) is 1.50. The first-order chi connectivity index (χ1) is 13.2. The predicted octanol–water partition coefficient (Wildman–Crippen LogP) is 1.60. The van der Waals surface area contributed by atoms with Gasteiger partial charge in [-0.3, -0.25) is 14.4 Å². The van der Waals surface area contributed by atoms with Crippen LogP contribution >= 0.6 is 0 Å². The summed E-state index contributed by atoms with van der Waals surface area (Å²) in [5, 5.41) is 5.16. The Morgan fingerprint density at radius 3 is 1.96 bits per heavy atom. The highest BCUT2D eigenvalue weighted by Gasteiger charge is 2.32. The molecule has 150 valence electrons. The molecule has 2 heterocycles. The molecule has 1 aromatic rings. The number of hydrogen-bond acceptors (Lipinski definition) is 4. The number of amides is 3. The molecule has 2 aliphatic rings. The molecule has 1 fully saturated rings. The van der Waals surface area contributed by atoms with Crippen LogP contribution in [-0.4, -0.2) is 71.5 Å². The summed E-state index contributed by atoms with van der Waals surface area (Å²) in [5.41, 5.74) is -0.328. The third kappa shape index (κ3) is 4.15. The van der Waals surface area contributed by atoms with Crippen molar-refractivity contribution in [3.05, 3.63) is 35.4 Å². The zero-order valence-corrected chi connectivity index (χ0v) is 15.2. The van der Waals surface area contributed by atoms with Crippen molar-refractivity contribution in [1.82, 2.24) is 14.8 Å². The van der Waals surface area contributed by atoms with Crippen LogP contribution in [0.25, 0.3) is 0 Å². The molecule has 0 atom stereocenters. The predicted molar refractivity (Wildman–Crippen MR) is 93.4 cm³/mol. The molecule has 1 saturated heterocycles. The molecule has 0 saturated carbocycles. The highest BCUT2D eigenvalue weighted by molar-refractivity contribution is 6.39. The number of hydrazone groups is 1. The van der Waals surface area contributed by atoms with E-state index in [1.54, 1.807) is 4.90 Å². The van der Waals surface area contributed by atoms with Gasteiger partial charge in [0, 0.05) is 51.6 Å². The van der Waals surface area contributed by atoms with Crippen molar-refractivity contribution in [2.45, 2.75) is 19.0 Å². The second-order valence-corrected chi connectivity index (χ2v) is 6.62. The van der Waals surface area contributed by atoms with Crippen LogP contribution in [0, 0.1) is 0 Å². The van der Waals surface area contributed by atoms with Crippen LogP contribution < -0.4 is 0 Å². The number of alkyl halides is 3. The monoisotopic (exact) mass is 396 g/mol. The molecule has 28 heavy (non-hydrogen) atoms. The van der Waals surface area contributed by atoms with Crippen LogP contribution in [0.1, 0.15) is 28.8 Å². The molecule has 10 heteroatoms. The summed E-state index contributed by atoms with van der Waals surface area (Å²) in [4.78, 5) is 39.5. The lowest BCUT2D eigenvalue weighted by Gasteiger charge is -2.35. The van der Waals surface area contributed by atoms with Crippen molar-refractivity contribution < 1.29 is 27.6 Å². The third-order valence-electron chi connectivity index (χ3n) is 4.77. The Kier molecular flexibility index (Phi) is 5.39. The van der Waals surface area contributed by atoms with Gasteiger partial charge < -0.3 is 9.80 Å². The Morgan fingerprint density at radius 1 is 0.929 bits per heavy atom. The molecule has 1 aromatic carbocycles. The number of nitrogens with zero attached hydrogens (tertiary/aromatic N) is 4. The van der Waals surface area contributed by atoms with E-state index in [2.05, 4.69) is 5.10 Å². The van der Waals surface area contributed by atoms with Gasteiger partial charge in [0.05, 0.1) is 5.56 Å². The maximum atomic E-state index is 12.6. The largest absolute Gasteiger partial charge is 0.416 e. The Bertz CT molecular complexity index is 812. The number of halogens is 3. The fraction of sp³-hybridized carbons (Fsp3) is 0.444. The van der Waals surface area contributed by atoms with Crippen LogP contribution in [0.15, 0.2) is 29.4 Å². The number of rotatable bonds is 2. The number of carbonyl (C=O) groups is 3. The molecule has 3 amide bonds. The molecule has 0 aromatic heterocycles. The second kappa shape index (κ2) is 7.61. The number of piperazine rings is 1. The molecule has 0 spiro atoms.